The van der Waals surface area contributed by atoms with Crippen molar-refractivity contribution in [2.45, 2.75) is 19.1 Å². The largest absolute Gasteiger partial charge is 0.322 e. The molecule has 2 heteroatoms. The van der Waals surface area contributed by atoms with Gasteiger partial charge in [0.25, 0.3) is 0 Å². The Hall–Kier alpha value is -0.630. The van der Waals surface area contributed by atoms with Crippen LogP contribution in [0.15, 0.2) is 23.8 Å². The summed E-state index contributed by atoms with van der Waals surface area (Å²) in [7, 11) is 0. The summed E-state index contributed by atoms with van der Waals surface area (Å²) in [5.74, 6) is 0. The predicted molar refractivity (Wildman–Crippen MR) is 35.8 cm³/mol. The van der Waals surface area contributed by atoms with Crippen LogP contribution in [0.3, 0.4) is 0 Å². The van der Waals surface area contributed by atoms with E-state index >= 15 is 0 Å². The Labute approximate surface area is 54.0 Å². The Bertz CT molecular complexity index is 160. The van der Waals surface area contributed by atoms with Crippen molar-refractivity contribution in [3.63, 3.8) is 0 Å². The summed E-state index contributed by atoms with van der Waals surface area (Å²) in [6, 6.07) is -0.436. The van der Waals surface area contributed by atoms with Gasteiger partial charge in [0.15, 0.2) is 0 Å². The maximum atomic E-state index is 12.6. The van der Waals surface area contributed by atoms with E-state index in [1.54, 1.807) is 6.08 Å². The van der Waals surface area contributed by atoms with Gasteiger partial charge in [-0.15, -0.1) is 0 Å². The van der Waals surface area contributed by atoms with Gasteiger partial charge in [0.2, 0.25) is 0 Å². The maximum Gasteiger partial charge on any atom is 0.137 e. The van der Waals surface area contributed by atoms with Crippen molar-refractivity contribution in [3.8, 4) is 0 Å². The van der Waals surface area contributed by atoms with Gasteiger partial charge in [0.1, 0.15) is 6.17 Å². The minimum absolute atomic E-state index is 0.436. The third kappa shape index (κ3) is 1.39. The minimum Gasteiger partial charge on any atom is -0.322 e. The summed E-state index contributed by atoms with van der Waals surface area (Å²) in [6.45, 7) is 1.86. The zero-order chi connectivity index (χ0) is 6.85. The minimum atomic E-state index is -0.991. The molecule has 0 amide bonds. The molecule has 2 atom stereocenters. The van der Waals surface area contributed by atoms with Crippen LogP contribution in [0.2, 0.25) is 0 Å². The molecule has 0 radical (unpaired) electrons. The molecule has 0 spiro atoms. The first kappa shape index (κ1) is 6.49. The van der Waals surface area contributed by atoms with Crippen LogP contribution in [-0.4, -0.2) is 12.2 Å². The fourth-order valence-electron chi connectivity index (χ4n) is 0.787. The van der Waals surface area contributed by atoms with Crippen molar-refractivity contribution in [2.75, 3.05) is 0 Å². The monoisotopic (exact) mass is 127 g/mol. The van der Waals surface area contributed by atoms with Gasteiger partial charge in [0.05, 0.1) is 6.04 Å². The van der Waals surface area contributed by atoms with E-state index in [0.717, 1.165) is 5.57 Å². The summed E-state index contributed by atoms with van der Waals surface area (Å²) in [5.41, 5.74) is 6.28. The van der Waals surface area contributed by atoms with Gasteiger partial charge in [-0.2, -0.15) is 0 Å². The highest BCUT2D eigenvalue weighted by Crippen LogP contribution is 2.11. The van der Waals surface area contributed by atoms with Gasteiger partial charge in [0, 0.05) is 0 Å². The SMILES string of the molecule is CC1=CC(F)C(N)C=C1. The second-order valence-corrected chi connectivity index (χ2v) is 2.29. The van der Waals surface area contributed by atoms with Crippen LogP contribution in [0.5, 0.6) is 0 Å². The van der Waals surface area contributed by atoms with E-state index in [9.17, 15) is 4.39 Å². The highest BCUT2D eigenvalue weighted by molar-refractivity contribution is 5.25. The summed E-state index contributed by atoms with van der Waals surface area (Å²) in [6.07, 6.45) is 4.06. The lowest BCUT2D eigenvalue weighted by atomic mass is 10.0. The smallest absolute Gasteiger partial charge is 0.137 e. The first-order valence-corrected chi connectivity index (χ1v) is 2.96. The Morgan fingerprint density at radius 1 is 1.67 bits per heavy atom. The number of hydrogen-bond acceptors (Lipinski definition) is 1. The number of nitrogens with two attached hydrogens (primary N) is 1. The molecule has 0 saturated carbocycles. The zero-order valence-electron chi connectivity index (χ0n) is 5.34. The fraction of sp³-hybridized carbons (Fsp3) is 0.429. The molecule has 0 bridgehead atoms. The van der Waals surface area contributed by atoms with Crippen molar-refractivity contribution in [3.05, 3.63) is 23.8 Å². The van der Waals surface area contributed by atoms with Crippen LogP contribution in [0.25, 0.3) is 0 Å². The van der Waals surface area contributed by atoms with Gasteiger partial charge >= 0.3 is 0 Å². The van der Waals surface area contributed by atoms with Crippen LogP contribution in [0, 0.1) is 0 Å². The molecule has 0 heterocycles. The molecule has 0 aromatic carbocycles. The van der Waals surface area contributed by atoms with E-state index in [0.29, 0.717) is 0 Å². The van der Waals surface area contributed by atoms with Crippen LogP contribution in [-0.2, 0) is 0 Å². The molecule has 2 unspecified atom stereocenters. The van der Waals surface area contributed by atoms with E-state index in [-0.39, 0.29) is 0 Å². The molecule has 0 aromatic heterocycles. The molecule has 0 fully saturated rings. The molecule has 1 aliphatic carbocycles. The number of alkyl halides is 1. The zero-order valence-corrected chi connectivity index (χ0v) is 5.34. The quantitative estimate of drug-likeness (QED) is 0.519. The lowest BCUT2D eigenvalue weighted by Crippen LogP contribution is -2.29. The van der Waals surface area contributed by atoms with Gasteiger partial charge in [-0.25, -0.2) is 4.39 Å². The summed E-state index contributed by atoms with van der Waals surface area (Å²) >= 11 is 0. The highest BCUT2D eigenvalue weighted by Gasteiger charge is 2.13. The lowest BCUT2D eigenvalue weighted by Gasteiger charge is -2.13. The van der Waals surface area contributed by atoms with E-state index in [1.807, 2.05) is 13.0 Å². The topological polar surface area (TPSA) is 26.0 Å². The van der Waals surface area contributed by atoms with Crippen LogP contribution < -0.4 is 5.73 Å². The second-order valence-electron chi connectivity index (χ2n) is 2.29. The lowest BCUT2D eigenvalue weighted by molar-refractivity contribution is 0.367. The molecule has 1 aliphatic rings. The molecule has 0 saturated heterocycles. The first-order chi connectivity index (χ1) is 4.20. The average Bonchev–Trinajstić information content (AvgIpc) is 1.80. The predicted octanol–water partition coefficient (Wildman–Crippen LogP) is 1.17. The van der Waals surface area contributed by atoms with Crippen molar-refractivity contribution in [1.29, 1.82) is 0 Å². The van der Waals surface area contributed by atoms with Gasteiger partial charge < -0.3 is 5.73 Å². The molecule has 9 heavy (non-hydrogen) atoms. The van der Waals surface area contributed by atoms with Crippen LogP contribution >= 0.6 is 0 Å². The Balaban J connectivity index is 2.70. The molecule has 1 rings (SSSR count). The van der Waals surface area contributed by atoms with Crippen molar-refractivity contribution >= 4 is 0 Å². The first-order valence-electron chi connectivity index (χ1n) is 2.96. The summed E-state index contributed by atoms with van der Waals surface area (Å²) in [5, 5.41) is 0. The molecule has 0 aromatic rings. The molecular formula is C7H10FN. The van der Waals surface area contributed by atoms with E-state index < -0.39 is 12.2 Å². The Morgan fingerprint density at radius 3 is 2.78 bits per heavy atom. The summed E-state index contributed by atoms with van der Waals surface area (Å²) in [4.78, 5) is 0. The normalized spacial score (nSPS) is 34.3. The van der Waals surface area contributed by atoms with Gasteiger partial charge in [-0.05, 0) is 13.0 Å². The Morgan fingerprint density at radius 2 is 2.33 bits per heavy atom. The molecule has 1 nitrogen and oxygen atoms in total. The van der Waals surface area contributed by atoms with E-state index in [1.165, 1.54) is 6.08 Å². The van der Waals surface area contributed by atoms with Crippen LogP contribution in [0.4, 0.5) is 4.39 Å². The average molecular weight is 127 g/mol. The van der Waals surface area contributed by atoms with Crippen LogP contribution in [0.1, 0.15) is 6.92 Å². The molecule has 50 valence electrons. The number of halogens is 1. The van der Waals surface area contributed by atoms with Crippen molar-refractivity contribution in [1.82, 2.24) is 0 Å². The van der Waals surface area contributed by atoms with Crippen molar-refractivity contribution in [2.24, 2.45) is 5.73 Å². The van der Waals surface area contributed by atoms with E-state index in [4.69, 9.17) is 5.73 Å². The standard InChI is InChI=1S/C7H10FN/c1-5-2-3-7(9)6(8)4-5/h2-4,6-7H,9H2,1H3. The third-order valence-electron chi connectivity index (χ3n) is 1.37. The number of rotatable bonds is 0. The highest BCUT2D eigenvalue weighted by atomic mass is 19.1. The molecule has 2 N–H and O–H groups in total. The molecular weight excluding hydrogens is 117 g/mol. The molecule has 0 aliphatic heterocycles. The second kappa shape index (κ2) is 2.31. The summed E-state index contributed by atoms with van der Waals surface area (Å²) < 4.78 is 12.6. The third-order valence-corrected chi connectivity index (χ3v) is 1.37. The fourth-order valence-corrected chi connectivity index (χ4v) is 0.787. The number of hydrogen-bond donors (Lipinski definition) is 1. The van der Waals surface area contributed by atoms with E-state index in [2.05, 4.69) is 0 Å². The van der Waals surface area contributed by atoms with Crippen molar-refractivity contribution < 1.29 is 4.39 Å². The number of allylic oxidation sites excluding steroid dienone is 2. The van der Waals surface area contributed by atoms with Gasteiger partial charge in [-0.1, -0.05) is 17.7 Å². The maximum absolute atomic E-state index is 12.6. The van der Waals surface area contributed by atoms with Gasteiger partial charge in [-0.3, -0.25) is 0 Å². The Kier molecular flexibility index (Phi) is 1.67.